The molecule has 0 radical (unpaired) electrons. The Morgan fingerprint density at radius 1 is 1.21 bits per heavy atom. The first-order valence-electron chi connectivity index (χ1n) is 8.37. The van der Waals surface area contributed by atoms with Gasteiger partial charge in [-0.1, -0.05) is 24.6 Å². The van der Waals surface area contributed by atoms with Gasteiger partial charge in [-0.05, 0) is 48.7 Å². The fraction of sp³-hybridized carbons (Fsp3) is 0.368. The van der Waals surface area contributed by atoms with Gasteiger partial charge in [-0.3, -0.25) is 14.7 Å². The molecule has 1 aromatic carbocycles. The summed E-state index contributed by atoms with van der Waals surface area (Å²) in [6.45, 7) is 2.09. The maximum Gasteiger partial charge on any atom is 0.237 e. The van der Waals surface area contributed by atoms with E-state index < -0.39 is 0 Å². The molecule has 0 saturated carbocycles. The second-order valence-corrected chi connectivity index (χ2v) is 6.19. The second kappa shape index (κ2) is 8.02. The Balaban J connectivity index is 1.59. The highest BCUT2D eigenvalue weighted by Gasteiger charge is 2.28. The van der Waals surface area contributed by atoms with Crippen LogP contribution in [0.3, 0.4) is 0 Å². The van der Waals surface area contributed by atoms with Crippen LogP contribution >= 0.6 is 0 Å². The van der Waals surface area contributed by atoms with E-state index in [1.54, 1.807) is 18.3 Å². The molecule has 0 bridgehead atoms. The molecular weight excluding hydrogens is 305 g/mol. The third-order valence-electron chi connectivity index (χ3n) is 4.40. The number of carbonyl (C=O) groups is 1. The normalized spacial score (nSPS) is 18.3. The van der Waals surface area contributed by atoms with E-state index in [0.29, 0.717) is 6.54 Å². The van der Waals surface area contributed by atoms with E-state index in [0.717, 1.165) is 43.5 Å². The molecule has 1 atom stereocenters. The van der Waals surface area contributed by atoms with Gasteiger partial charge in [0.15, 0.2) is 0 Å². The molecule has 1 aromatic heterocycles. The number of hydrogen-bond acceptors (Lipinski definition) is 3. The predicted molar refractivity (Wildman–Crippen MR) is 90.5 cm³/mol. The lowest BCUT2D eigenvalue weighted by Gasteiger charge is -2.34. The molecule has 1 aliphatic heterocycles. The summed E-state index contributed by atoms with van der Waals surface area (Å²) in [6.07, 6.45) is 6.66. The van der Waals surface area contributed by atoms with Crippen LogP contribution in [-0.2, 0) is 17.9 Å². The Morgan fingerprint density at radius 2 is 2.04 bits per heavy atom. The lowest BCUT2D eigenvalue weighted by molar-refractivity contribution is -0.128. The Kier molecular flexibility index (Phi) is 5.54. The minimum atomic E-state index is -0.264. The van der Waals surface area contributed by atoms with Crippen LogP contribution in [0.25, 0.3) is 0 Å². The summed E-state index contributed by atoms with van der Waals surface area (Å²) in [7, 11) is 0. The fourth-order valence-electron chi connectivity index (χ4n) is 3.11. The third kappa shape index (κ3) is 4.38. The molecule has 0 unspecified atom stereocenters. The number of rotatable bonds is 5. The minimum Gasteiger partial charge on any atom is -0.351 e. The molecule has 24 heavy (non-hydrogen) atoms. The molecule has 0 spiro atoms. The Bertz CT molecular complexity index is 660. The van der Waals surface area contributed by atoms with Gasteiger partial charge in [-0.15, -0.1) is 0 Å². The summed E-state index contributed by atoms with van der Waals surface area (Å²) in [4.78, 5) is 19.0. The minimum absolute atomic E-state index is 0.0444. The van der Waals surface area contributed by atoms with Crippen molar-refractivity contribution in [2.75, 3.05) is 6.54 Å². The van der Waals surface area contributed by atoms with Crippen molar-refractivity contribution in [2.24, 2.45) is 0 Å². The number of nitrogens with one attached hydrogen (secondary N) is 1. The number of halogens is 1. The highest BCUT2D eigenvalue weighted by molar-refractivity contribution is 5.81. The Labute approximate surface area is 141 Å². The number of pyridine rings is 1. The van der Waals surface area contributed by atoms with E-state index in [4.69, 9.17) is 0 Å². The van der Waals surface area contributed by atoms with E-state index in [1.807, 2.05) is 18.3 Å². The van der Waals surface area contributed by atoms with Crippen molar-refractivity contribution in [2.45, 2.75) is 38.4 Å². The van der Waals surface area contributed by atoms with Gasteiger partial charge in [0.25, 0.3) is 0 Å². The van der Waals surface area contributed by atoms with Crippen molar-refractivity contribution in [3.05, 3.63) is 65.7 Å². The lowest BCUT2D eigenvalue weighted by atomic mass is 10.0. The first kappa shape index (κ1) is 16.6. The summed E-state index contributed by atoms with van der Waals surface area (Å²) in [5.41, 5.74) is 2.02. The maximum absolute atomic E-state index is 12.9. The quantitative estimate of drug-likeness (QED) is 0.918. The molecule has 1 saturated heterocycles. The van der Waals surface area contributed by atoms with E-state index in [2.05, 4.69) is 15.2 Å². The van der Waals surface area contributed by atoms with Crippen LogP contribution in [0, 0.1) is 5.82 Å². The smallest absolute Gasteiger partial charge is 0.237 e. The van der Waals surface area contributed by atoms with E-state index in [-0.39, 0.29) is 17.8 Å². The SMILES string of the molecule is O=C(NCc1ccc(F)cc1)[C@@H]1CCCCN1Cc1cccnc1. The highest BCUT2D eigenvalue weighted by atomic mass is 19.1. The number of hydrogen-bond donors (Lipinski definition) is 1. The lowest BCUT2D eigenvalue weighted by Crippen LogP contribution is -2.48. The molecule has 3 rings (SSSR count). The molecule has 126 valence electrons. The molecular formula is C19H22FN3O. The van der Waals surface area contributed by atoms with E-state index >= 15 is 0 Å². The summed E-state index contributed by atoms with van der Waals surface area (Å²) in [6, 6.07) is 10.1. The first-order chi connectivity index (χ1) is 11.7. The average Bonchev–Trinajstić information content (AvgIpc) is 2.62. The summed E-state index contributed by atoms with van der Waals surface area (Å²) < 4.78 is 12.9. The van der Waals surface area contributed by atoms with Gasteiger partial charge in [-0.2, -0.15) is 0 Å². The van der Waals surface area contributed by atoms with Crippen LogP contribution in [0.2, 0.25) is 0 Å². The number of piperidine rings is 1. The standard InChI is InChI=1S/C19H22FN3O/c20-17-8-6-15(7-9-17)13-22-19(24)18-5-1-2-11-23(18)14-16-4-3-10-21-12-16/h3-4,6-10,12,18H,1-2,5,11,13-14H2,(H,22,24)/t18-/m0/s1. The fourth-order valence-corrected chi connectivity index (χ4v) is 3.11. The zero-order chi connectivity index (χ0) is 16.8. The van der Waals surface area contributed by atoms with Gasteiger partial charge in [0.2, 0.25) is 5.91 Å². The summed E-state index contributed by atoms with van der Waals surface area (Å²) >= 11 is 0. The van der Waals surface area contributed by atoms with Crippen LogP contribution in [0.1, 0.15) is 30.4 Å². The Morgan fingerprint density at radius 3 is 2.79 bits per heavy atom. The van der Waals surface area contributed by atoms with Gasteiger partial charge >= 0.3 is 0 Å². The summed E-state index contributed by atoms with van der Waals surface area (Å²) in [5, 5.41) is 2.99. The molecule has 2 heterocycles. The van der Waals surface area contributed by atoms with Crippen molar-refractivity contribution in [3.8, 4) is 0 Å². The van der Waals surface area contributed by atoms with Gasteiger partial charge < -0.3 is 5.32 Å². The molecule has 0 aliphatic carbocycles. The van der Waals surface area contributed by atoms with Crippen LogP contribution < -0.4 is 5.32 Å². The van der Waals surface area contributed by atoms with Crippen LogP contribution in [0.15, 0.2) is 48.8 Å². The highest BCUT2D eigenvalue weighted by Crippen LogP contribution is 2.19. The number of carbonyl (C=O) groups excluding carboxylic acids is 1. The van der Waals surface area contributed by atoms with Gasteiger partial charge in [0.1, 0.15) is 5.82 Å². The van der Waals surface area contributed by atoms with Crippen LogP contribution in [0.4, 0.5) is 4.39 Å². The van der Waals surface area contributed by atoms with Crippen molar-refractivity contribution >= 4 is 5.91 Å². The molecule has 5 heteroatoms. The first-order valence-corrected chi connectivity index (χ1v) is 8.37. The molecule has 4 nitrogen and oxygen atoms in total. The van der Waals surface area contributed by atoms with Crippen LogP contribution in [-0.4, -0.2) is 28.4 Å². The number of benzene rings is 1. The van der Waals surface area contributed by atoms with E-state index in [1.165, 1.54) is 12.1 Å². The maximum atomic E-state index is 12.9. The summed E-state index contributed by atoms with van der Waals surface area (Å²) in [5.74, 6) is -0.220. The zero-order valence-electron chi connectivity index (χ0n) is 13.6. The average molecular weight is 327 g/mol. The Hall–Kier alpha value is -2.27. The molecule has 1 N–H and O–H groups in total. The van der Waals surface area contributed by atoms with Crippen LogP contribution in [0.5, 0.6) is 0 Å². The third-order valence-corrected chi connectivity index (χ3v) is 4.40. The van der Waals surface area contributed by atoms with Crippen molar-refractivity contribution in [1.82, 2.24) is 15.2 Å². The van der Waals surface area contributed by atoms with Crippen molar-refractivity contribution in [1.29, 1.82) is 0 Å². The van der Waals surface area contributed by atoms with Gasteiger partial charge in [0, 0.05) is 25.5 Å². The molecule has 1 fully saturated rings. The topological polar surface area (TPSA) is 45.2 Å². The second-order valence-electron chi connectivity index (χ2n) is 6.19. The number of likely N-dealkylation sites (tertiary alicyclic amines) is 1. The van der Waals surface area contributed by atoms with E-state index in [9.17, 15) is 9.18 Å². The number of amides is 1. The predicted octanol–water partition coefficient (Wildman–Crippen LogP) is 2.89. The zero-order valence-corrected chi connectivity index (χ0v) is 13.6. The molecule has 2 aromatic rings. The monoisotopic (exact) mass is 327 g/mol. The largest absolute Gasteiger partial charge is 0.351 e. The van der Waals surface area contributed by atoms with Crippen molar-refractivity contribution < 1.29 is 9.18 Å². The molecule has 1 amide bonds. The number of aromatic nitrogens is 1. The van der Waals surface area contributed by atoms with Gasteiger partial charge in [0.05, 0.1) is 6.04 Å². The number of nitrogens with zero attached hydrogens (tertiary/aromatic N) is 2. The molecule has 1 aliphatic rings. The van der Waals surface area contributed by atoms with Gasteiger partial charge in [-0.25, -0.2) is 4.39 Å². The van der Waals surface area contributed by atoms with Crippen molar-refractivity contribution in [3.63, 3.8) is 0 Å².